The number of rotatable bonds is 16. The van der Waals surface area contributed by atoms with Crippen LogP contribution in [0.1, 0.15) is 45.6 Å². The summed E-state index contributed by atoms with van der Waals surface area (Å²) in [4.78, 5) is 26.2. The topological polar surface area (TPSA) is 173 Å². The lowest BCUT2D eigenvalue weighted by Gasteiger charge is -2.40. The number of fused-ring (bicyclic) bond motifs is 2. The molecule has 2 fully saturated rings. The van der Waals surface area contributed by atoms with Crippen molar-refractivity contribution in [2.24, 2.45) is 11.3 Å². The lowest BCUT2D eigenvalue weighted by Crippen LogP contribution is -2.58. The third kappa shape index (κ3) is 8.94. The van der Waals surface area contributed by atoms with Gasteiger partial charge in [-0.3, -0.25) is 4.90 Å². The number of carbonyl (C=O) groups is 2. The number of nitrogens with zero attached hydrogens (tertiary/aromatic N) is 2. The van der Waals surface area contributed by atoms with Crippen LogP contribution in [0.25, 0.3) is 0 Å². The Morgan fingerprint density at radius 3 is 2.59 bits per heavy atom. The van der Waals surface area contributed by atoms with Gasteiger partial charge in [0.1, 0.15) is 0 Å². The first kappa shape index (κ1) is 36.6. The molecule has 0 unspecified atom stereocenters. The van der Waals surface area contributed by atoms with Crippen molar-refractivity contribution < 1.29 is 51.9 Å². The van der Waals surface area contributed by atoms with Gasteiger partial charge in [0, 0.05) is 31.6 Å². The van der Waals surface area contributed by atoms with Gasteiger partial charge in [-0.2, -0.15) is 4.31 Å². The normalized spacial score (nSPS) is 21.3. The average Bonchev–Trinajstić information content (AvgIpc) is 3.82. The Morgan fingerprint density at radius 1 is 1.10 bits per heavy atom. The van der Waals surface area contributed by atoms with Crippen molar-refractivity contribution in [3.63, 3.8) is 0 Å². The molecule has 2 amide bonds. The minimum absolute atomic E-state index is 0.0376. The summed E-state index contributed by atoms with van der Waals surface area (Å²) < 4.78 is 57.6. The van der Waals surface area contributed by atoms with Crippen LogP contribution in [-0.2, 0) is 30.7 Å². The number of nitrogens with one attached hydrogen (secondary N) is 1. The molecular formula is C34H47N3O11S. The monoisotopic (exact) mass is 705 g/mol. The standard InChI is InChI=1S/C34H47N3O11S/c1-4-14-35-32(39)45-16-13-34(2,3)21-36(49(42,43)24-10-11-29-30(18-24)48-22-47-29)19-28(38)26(17-23-8-6-5-7-9-23)37(33(40)41)27-20-46-31-25(27)12-15-44-31/h5-11,18,25-28,31,38H,4,12-17,19-22H2,1-3H3,(H,35,39)(H,40,41)/t25-,26-,27-,28+,31+/m0/s1. The fourth-order valence-electron chi connectivity index (χ4n) is 6.55. The molecule has 0 saturated carbocycles. The summed E-state index contributed by atoms with van der Waals surface area (Å²) in [6.07, 6.45) is -1.98. The van der Waals surface area contributed by atoms with E-state index in [1.807, 2.05) is 51.1 Å². The maximum Gasteiger partial charge on any atom is 0.407 e. The molecule has 0 radical (unpaired) electrons. The second-order valence-electron chi connectivity index (χ2n) is 13.4. The zero-order valence-electron chi connectivity index (χ0n) is 28.2. The van der Waals surface area contributed by atoms with Crippen molar-refractivity contribution in [2.75, 3.05) is 46.2 Å². The number of alkyl carbamates (subject to hydrolysis) is 1. The van der Waals surface area contributed by atoms with Gasteiger partial charge < -0.3 is 39.2 Å². The molecule has 49 heavy (non-hydrogen) atoms. The van der Waals surface area contributed by atoms with Crippen molar-refractivity contribution in [1.82, 2.24) is 14.5 Å². The predicted octanol–water partition coefficient (Wildman–Crippen LogP) is 3.67. The number of hydrogen-bond acceptors (Lipinski definition) is 10. The summed E-state index contributed by atoms with van der Waals surface area (Å²) in [5.41, 5.74) is 0.0449. The van der Waals surface area contributed by atoms with E-state index in [1.165, 1.54) is 27.4 Å². The second-order valence-corrected chi connectivity index (χ2v) is 15.3. The fraction of sp³-hybridized carbons (Fsp3) is 0.588. The Balaban J connectivity index is 1.45. The number of ether oxygens (including phenoxy) is 5. The summed E-state index contributed by atoms with van der Waals surface area (Å²) in [5, 5.41) is 25.3. The van der Waals surface area contributed by atoms with Crippen LogP contribution in [0.15, 0.2) is 53.4 Å². The van der Waals surface area contributed by atoms with Gasteiger partial charge in [0.2, 0.25) is 16.8 Å². The Hall–Kier alpha value is -3.63. The maximum atomic E-state index is 14.4. The van der Waals surface area contributed by atoms with Crippen LogP contribution in [0.2, 0.25) is 0 Å². The molecule has 5 rings (SSSR count). The van der Waals surface area contributed by atoms with E-state index in [0.29, 0.717) is 31.7 Å². The Kier molecular flexibility index (Phi) is 11.9. The van der Waals surface area contributed by atoms with Crippen molar-refractivity contribution in [2.45, 2.75) is 75.8 Å². The Morgan fingerprint density at radius 2 is 1.86 bits per heavy atom. The van der Waals surface area contributed by atoms with Crippen molar-refractivity contribution >= 4 is 22.2 Å². The van der Waals surface area contributed by atoms with E-state index in [-0.39, 0.29) is 49.5 Å². The summed E-state index contributed by atoms with van der Waals surface area (Å²) in [5.74, 6) is 0.474. The number of carbonyl (C=O) groups excluding carboxylic acids is 1. The first-order chi connectivity index (χ1) is 23.4. The number of carboxylic acid groups (broad SMARTS) is 1. The molecule has 15 heteroatoms. The highest BCUT2D eigenvalue weighted by Gasteiger charge is 2.49. The van der Waals surface area contributed by atoms with Crippen molar-refractivity contribution in [3.8, 4) is 11.5 Å². The number of benzene rings is 2. The van der Waals surface area contributed by atoms with E-state index in [2.05, 4.69) is 5.32 Å². The average molecular weight is 706 g/mol. The fourth-order valence-corrected chi connectivity index (χ4v) is 8.22. The molecular weight excluding hydrogens is 658 g/mol. The van der Waals surface area contributed by atoms with Crippen LogP contribution in [0.5, 0.6) is 11.5 Å². The van der Waals surface area contributed by atoms with Gasteiger partial charge in [0.25, 0.3) is 0 Å². The second kappa shape index (κ2) is 15.9. The highest BCUT2D eigenvalue weighted by Crippen LogP contribution is 2.38. The van der Waals surface area contributed by atoms with Crippen LogP contribution in [-0.4, -0.2) is 111 Å². The smallest absolute Gasteiger partial charge is 0.407 e. The SMILES string of the molecule is CCCNC(=O)OCCC(C)(C)CN(C[C@@H](O)[C@H](Cc1ccccc1)N(C(=O)O)[C@H]1CO[C@H]2OCC[C@H]21)S(=O)(=O)c1ccc2c(c1)OCO2. The molecule has 2 aromatic rings. The molecule has 3 aliphatic heterocycles. The van der Waals surface area contributed by atoms with Gasteiger partial charge >= 0.3 is 12.2 Å². The number of hydrogen-bond donors (Lipinski definition) is 3. The predicted molar refractivity (Wildman–Crippen MR) is 177 cm³/mol. The van der Waals surface area contributed by atoms with Gasteiger partial charge in [0.15, 0.2) is 17.8 Å². The van der Waals surface area contributed by atoms with Gasteiger partial charge in [-0.25, -0.2) is 18.0 Å². The van der Waals surface area contributed by atoms with E-state index >= 15 is 0 Å². The minimum Gasteiger partial charge on any atom is -0.465 e. The summed E-state index contributed by atoms with van der Waals surface area (Å²) >= 11 is 0. The van der Waals surface area contributed by atoms with Crippen LogP contribution < -0.4 is 14.8 Å². The van der Waals surface area contributed by atoms with Gasteiger partial charge in [-0.05, 0) is 48.8 Å². The lowest BCUT2D eigenvalue weighted by molar-refractivity contribution is -0.0906. The largest absolute Gasteiger partial charge is 0.465 e. The molecule has 3 aliphatic rings. The number of aliphatic hydroxyl groups is 1. The van der Waals surface area contributed by atoms with Gasteiger partial charge in [-0.15, -0.1) is 0 Å². The lowest BCUT2D eigenvalue weighted by atomic mass is 9.89. The molecule has 2 aromatic carbocycles. The number of amides is 2. The van der Waals surface area contributed by atoms with E-state index in [4.69, 9.17) is 23.7 Å². The summed E-state index contributed by atoms with van der Waals surface area (Å²) in [6.45, 7) is 6.13. The summed E-state index contributed by atoms with van der Waals surface area (Å²) in [7, 11) is -4.28. The zero-order chi connectivity index (χ0) is 35.2. The maximum absolute atomic E-state index is 14.4. The Bertz CT molecular complexity index is 1540. The molecule has 270 valence electrons. The van der Waals surface area contributed by atoms with Crippen molar-refractivity contribution in [3.05, 3.63) is 54.1 Å². The van der Waals surface area contributed by atoms with Crippen LogP contribution in [0.4, 0.5) is 9.59 Å². The highest BCUT2D eigenvalue weighted by atomic mass is 32.2. The van der Waals surface area contributed by atoms with E-state index < -0.39 is 58.6 Å². The number of sulfonamides is 1. The molecule has 0 bridgehead atoms. The van der Waals surface area contributed by atoms with Crippen molar-refractivity contribution in [1.29, 1.82) is 0 Å². The minimum atomic E-state index is -4.28. The molecule has 3 heterocycles. The third-order valence-corrected chi connectivity index (χ3v) is 11.0. The van der Waals surface area contributed by atoms with Gasteiger partial charge in [-0.1, -0.05) is 51.1 Å². The zero-order valence-corrected chi connectivity index (χ0v) is 29.0. The molecule has 14 nitrogen and oxygen atoms in total. The molecule has 0 spiro atoms. The van der Waals surface area contributed by atoms with E-state index in [0.717, 1.165) is 12.0 Å². The molecule has 3 N–H and O–H groups in total. The van der Waals surface area contributed by atoms with Crippen LogP contribution >= 0.6 is 0 Å². The Labute approximate surface area is 287 Å². The number of aliphatic hydroxyl groups excluding tert-OH is 1. The molecule has 0 aliphatic carbocycles. The van der Waals surface area contributed by atoms with Crippen LogP contribution in [0.3, 0.4) is 0 Å². The van der Waals surface area contributed by atoms with Crippen LogP contribution in [0, 0.1) is 11.3 Å². The van der Waals surface area contributed by atoms with Gasteiger partial charge in [0.05, 0.1) is 42.9 Å². The van der Waals surface area contributed by atoms with E-state index in [1.54, 1.807) is 0 Å². The summed E-state index contributed by atoms with van der Waals surface area (Å²) in [6, 6.07) is 11.9. The first-order valence-corrected chi connectivity index (χ1v) is 18.1. The highest BCUT2D eigenvalue weighted by molar-refractivity contribution is 7.89. The quantitative estimate of drug-likeness (QED) is 0.233. The first-order valence-electron chi connectivity index (χ1n) is 16.7. The molecule has 0 aromatic heterocycles. The molecule has 5 atom stereocenters. The molecule has 2 saturated heterocycles. The van der Waals surface area contributed by atoms with E-state index in [9.17, 15) is 28.2 Å². The third-order valence-electron chi connectivity index (χ3n) is 9.18.